The lowest BCUT2D eigenvalue weighted by atomic mass is 10.2. The van der Waals surface area contributed by atoms with Gasteiger partial charge in [0.2, 0.25) is 6.35 Å². The van der Waals surface area contributed by atoms with Gasteiger partial charge in [-0.05, 0) is 31.2 Å². The summed E-state index contributed by atoms with van der Waals surface area (Å²) in [6.45, 7) is 1.99. The fraction of sp³-hybridized carbons (Fsp3) is 0.133. The monoisotopic (exact) mass is 256 g/mol. The highest BCUT2D eigenvalue weighted by molar-refractivity contribution is 5.94. The van der Waals surface area contributed by atoms with E-state index in [0.29, 0.717) is 11.3 Å². The first-order chi connectivity index (χ1) is 9.15. The van der Waals surface area contributed by atoms with Crippen LogP contribution in [0.3, 0.4) is 0 Å². The van der Waals surface area contributed by atoms with Crippen LogP contribution in [0.15, 0.2) is 54.6 Å². The van der Waals surface area contributed by atoms with Crippen LogP contribution in [0.4, 0.5) is 0 Å². The van der Waals surface area contributed by atoms with Crippen LogP contribution in [0.5, 0.6) is 5.75 Å². The van der Waals surface area contributed by atoms with Crippen LogP contribution >= 0.6 is 0 Å². The number of nitrogens with two attached hydrogens (primary N) is 1. The van der Waals surface area contributed by atoms with Crippen molar-refractivity contribution < 1.29 is 9.53 Å². The minimum atomic E-state index is -0.879. The maximum Gasteiger partial charge on any atom is 0.255 e. The van der Waals surface area contributed by atoms with Gasteiger partial charge in [-0.15, -0.1) is 0 Å². The summed E-state index contributed by atoms with van der Waals surface area (Å²) in [5.41, 5.74) is 7.41. The number of amides is 1. The van der Waals surface area contributed by atoms with Crippen LogP contribution in [0.2, 0.25) is 0 Å². The summed E-state index contributed by atoms with van der Waals surface area (Å²) < 4.78 is 5.41. The molecular weight excluding hydrogens is 240 g/mol. The molecule has 1 amide bonds. The first-order valence-corrected chi connectivity index (χ1v) is 6.00. The van der Waals surface area contributed by atoms with Crippen molar-refractivity contribution in [3.63, 3.8) is 0 Å². The standard InChI is InChI=1S/C15H16N2O2/c1-11-7-9-13(10-8-11)19-15(16)17-14(18)12-5-3-2-4-6-12/h2-10,15H,16H2,1H3,(H,17,18). The highest BCUT2D eigenvalue weighted by Gasteiger charge is 2.10. The summed E-state index contributed by atoms with van der Waals surface area (Å²) in [6.07, 6.45) is -0.879. The lowest BCUT2D eigenvalue weighted by Crippen LogP contribution is -2.45. The summed E-state index contributed by atoms with van der Waals surface area (Å²) in [7, 11) is 0. The Bertz CT molecular complexity index is 538. The molecular formula is C15H16N2O2. The van der Waals surface area contributed by atoms with Crippen LogP contribution in [0.1, 0.15) is 15.9 Å². The van der Waals surface area contributed by atoms with Crippen LogP contribution in [-0.2, 0) is 0 Å². The van der Waals surface area contributed by atoms with Crippen molar-refractivity contribution in [2.24, 2.45) is 5.73 Å². The second kappa shape index (κ2) is 6.02. The van der Waals surface area contributed by atoms with Crippen molar-refractivity contribution in [1.29, 1.82) is 0 Å². The molecule has 0 saturated heterocycles. The highest BCUT2D eigenvalue weighted by atomic mass is 16.5. The van der Waals surface area contributed by atoms with E-state index in [1.165, 1.54) is 0 Å². The minimum Gasteiger partial charge on any atom is -0.458 e. The third kappa shape index (κ3) is 3.82. The van der Waals surface area contributed by atoms with E-state index in [2.05, 4.69) is 5.32 Å². The van der Waals surface area contributed by atoms with Crippen LogP contribution < -0.4 is 15.8 Å². The van der Waals surface area contributed by atoms with Gasteiger partial charge in [0.05, 0.1) is 0 Å². The van der Waals surface area contributed by atoms with Gasteiger partial charge < -0.3 is 10.1 Å². The summed E-state index contributed by atoms with van der Waals surface area (Å²) in [6, 6.07) is 16.3. The average Bonchev–Trinajstić information content (AvgIpc) is 2.42. The van der Waals surface area contributed by atoms with Gasteiger partial charge in [-0.25, -0.2) is 0 Å². The van der Waals surface area contributed by atoms with Gasteiger partial charge in [0.25, 0.3) is 5.91 Å². The molecule has 0 spiro atoms. The number of hydrogen-bond acceptors (Lipinski definition) is 3. The Kier molecular flexibility index (Phi) is 4.15. The third-order valence-electron chi connectivity index (χ3n) is 2.59. The SMILES string of the molecule is Cc1ccc(OC(N)NC(=O)c2ccccc2)cc1. The molecule has 0 bridgehead atoms. The zero-order valence-electron chi connectivity index (χ0n) is 10.7. The Morgan fingerprint density at radius 3 is 2.37 bits per heavy atom. The number of hydrogen-bond donors (Lipinski definition) is 2. The largest absolute Gasteiger partial charge is 0.458 e. The topological polar surface area (TPSA) is 64.3 Å². The molecule has 0 aliphatic carbocycles. The van der Waals surface area contributed by atoms with Crippen LogP contribution in [0, 0.1) is 6.92 Å². The van der Waals surface area contributed by atoms with Crippen LogP contribution in [0.25, 0.3) is 0 Å². The van der Waals surface area contributed by atoms with Gasteiger partial charge in [0.1, 0.15) is 5.75 Å². The van der Waals surface area contributed by atoms with Crippen molar-refractivity contribution in [3.05, 3.63) is 65.7 Å². The fourth-order valence-electron chi connectivity index (χ4n) is 1.59. The quantitative estimate of drug-likeness (QED) is 0.823. The van der Waals surface area contributed by atoms with Crippen molar-refractivity contribution in [2.45, 2.75) is 13.3 Å². The first kappa shape index (κ1) is 13.1. The van der Waals surface area contributed by atoms with E-state index in [1.54, 1.807) is 24.3 Å². The lowest BCUT2D eigenvalue weighted by Gasteiger charge is -2.16. The molecule has 19 heavy (non-hydrogen) atoms. The maximum atomic E-state index is 11.8. The zero-order valence-corrected chi connectivity index (χ0v) is 10.7. The van der Waals surface area contributed by atoms with Gasteiger partial charge in [0.15, 0.2) is 0 Å². The molecule has 0 heterocycles. The molecule has 0 aromatic heterocycles. The van der Waals surface area contributed by atoms with E-state index in [1.807, 2.05) is 37.3 Å². The molecule has 2 rings (SSSR count). The van der Waals surface area contributed by atoms with E-state index < -0.39 is 6.35 Å². The fourth-order valence-corrected chi connectivity index (χ4v) is 1.59. The van der Waals surface area contributed by atoms with Crippen molar-refractivity contribution >= 4 is 5.91 Å². The molecule has 98 valence electrons. The Labute approximate surface area is 112 Å². The third-order valence-corrected chi connectivity index (χ3v) is 2.59. The Morgan fingerprint density at radius 1 is 1.11 bits per heavy atom. The number of aryl methyl sites for hydroxylation is 1. The predicted octanol–water partition coefficient (Wildman–Crippen LogP) is 2.05. The highest BCUT2D eigenvalue weighted by Crippen LogP contribution is 2.11. The molecule has 1 atom stereocenters. The Balaban J connectivity index is 1.92. The molecule has 4 nitrogen and oxygen atoms in total. The van der Waals surface area contributed by atoms with Crippen molar-refractivity contribution in [3.8, 4) is 5.75 Å². The number of rotatable bonds is 4. The smallest absolute Gasteiger partial charge is 0.255 e. The molecule has 0 aliphatic heterocycles. The van der Waals surface area contributed by atoms with Crippen LogP contribution in [-0.4, -0.2) is 12.3 Å². The number of benzene rings is 2. The van der Waals surface area contributed by atoms with E-state index in [9.17, 15) is 4.79 Å². The summed E-state index contributed by atoms with van der Waals surface area (Å²) in [5.74, 6) is 0.353. The Hall–Kier alpha value is -2.33. The lowest BCUT2D eigenvalue weighted by molar-refractivity contribution is 0.0837. The average molecular weight is 256 g/mol. The molecule has 0 radical (unpaired) electrons. The second-order valence-corrected chi connectivity index (χ2v) is 4.19. The molecule has 0 fully saturated rings. The van der Waals surface area contributed by atoms with Gasteiger partial charge in [-0.2, -0.15) is 0 Å². The number of carbonyl (C=O) groups is 1. The molecule has 0 aliphatic rings. The minimum absolute atomic E-state index is 0.264. The van der Waals surface area contributed by atoms with E-state index >= 15 is 0 Å². The molecule has 4 heteroatoms. The van der Waals surface area contributed by atoms with Crippen molar-refractivity contribution in [2.75, 3.05) is 0 Å². The number of ether oxygens (including phenoxy) is 1. The molecule has 1 unspecified atom stereocenters. The molecule has 0 saturated carbocycles. The summed E-state index contributed by atoms with van der Waals surface area (Å²) >= 11 is 0. The predicted molar refractivity (Wildman–Crippen MR) is 73.7 cm³/mol. The zero-order chi connectivity index (χ0) is 13.7. The summed E-state index contributed by atoms with van der Waals surface area (Å²) in [5, 5.41) is 2.58. The normalized spacial score (nSPS) is 11.7. The van der Waals surface area contributed by atoms with Crippen molar-refractivity contribution in [1.82, 2.24) is 5.32 Å². The number of carbonyl (C=O) groups excluding carboxylic acids is 1. The van der Waals surface area contributed by atoms with E-state index in [0.717, 1.165) is 5.56 Å². The molecule has 3 N–H and O–H groups in total. The molecule has 2 aromatic rings. The molecule has 2 aromatic carbocycles. The Morgan fingerprint density at radius 2 is 1.74 bits per heavy atom. The van der Waals surface area contributed by atoms with E-state index in [4.69, 9.17) is 10.5 Å². The van der Waals surface area contributed by atoms with Gasteiger partial charge in [-0.3, -0.25) is 10.5 Å². The van der Waals surface area contributed by atoms with Gasteiger partial charge in [-0.1, -0.05) is 35.9 Å². The first-order valence-electron chi connectivity index (χ1n) is 6.00. The van der Waals surface area contributed by atoms with Gasteiger partial charge >= 0.3 is 0 Å². The van der Waals surface area contributed by atoms with E-state index in [-0.39, 0.29) is 5.91 Å². The van der Waals surface area contributed by atoms with Gasteiger partial charge in [0, 0.05) is 5.56 Å². The summed E-state index contributed by atoms with van der Waals surface area (Å²) in [4.78, 5) is 11.8. The second-order valence-electron chi connectivity index (χ2n) is 4.19. The maximum absolute atomic E-state index is 11.8. The number of nitrogens with one attached hydrogen (secondary N) is 1.